The van der Waals surface area contributed by atoms with Crippen molar-refractivity contribution in [1.29, 1.82) is 0 Å². The molecule has 1 aliphatic heterocycles. The van der Waals surface area contributed by atoms with E-state index in [1.54, 1.807) is 0 Å². The van der Waals surface area contributed by atoms with Crippen LogP contribution in [-0.2, 0) is 13.0 Å². The van der Waals surface area contributed by atoms with Crippen LogP contribution in [-0.4, -0.2) is 38.3 Å². The molecule has 1 fully saturated rings. The van der Waals surface area contributed by atoms with Crippen LogP contribution in [0.1, 0.15) is 45.1 Å². The number of nitrogens with zero attached hydrogens (tertiary/aromatic N) is 3. The molecule has 2 aromatic rings. The largest absolute Gasteiger partial charge is 0.389 e. The molecule has 0 aliphatic carbocycles. The molecule has 1 unspecified atom stereocenters. The van der Waals surface area contributed by atoms with Crippen LogP contribution in [0.25, 0.3) is 11.4 Å². The van der Waals surface area contributed by atoms with Gasteiger partial charge >= 0.3 is 0 Å². The minimum Gasteiger partial charge on any atom is -0.389 e. The Hall–Kier alpha value is -1.72. The van der Waals surface area contributed by atoms with Crippen LogP contribution >= 0.6 is 0 Å². The molecule has 0 bridgehead atoms. The number of hydrogen-bond acceptors (Lipinski definition) is 5. The summed E-state index contributed by atoms with van der Waals surface area (Å²) in [4.78, 5) is 6.75. The number of likely N-dealkylation sites (tertiary alicyclic amines) is 1. The Morgan fingerprint density at radius 1 is 1.30 bits per heavy atom. The summed E-state index contributed by atoms with van der Waals surface area (Å²) in [5.74, 6) is 1.23. The van der Waals surface area contributed by atoms with Crippen molar-refractivity contribution in [3.63, 3.8) is 0 Å². The second-order valence-electron chi connectivity index (χ2n) is 6.84. The maximum atomic E-state index is 10.3. The van der Waals surface area contributed by atoms with E-state index in [0.29, 0.717) is 18.3 Å². The Kier molecular flexibility index (Phi) is 4.50. The van der Waals surface area contributed by atoms with E-state index in [4.69, 9.17) is 4.52 Å². The quantitative estimate of drug-likeness (QED) is 0.919. The van der Waals surface area contributed by atoms with E-state index >= 15 is 0 Å². The predicted octanol–water partition coefficient (Wildman–Crippen LogP) is 3.03. The highest BCUT2D eigenvalue weighted by molar-refractivity contribution is 5.54. The van der Waals surface area contributed by atoms with Crippen LogP contribution < -0.4 is 0 Å². The zero-order valence-electron chi connectivity index (χ0n) is 14.1. The topological polar surface area (TPSA) is 62.4 Å². The van der Waals surface area contributed by atoms with Crippen molar-refractivity contribution in [1.82, 2.24) is 15.0 Å². The summed E-state index contributed by atoms with van der Waals surface area (Å²) in [6.07, 6.45) is 3.11. The van der Waals surface area contributed by atoms with Crippen molar-refractivity contribution in [3.8, 4) is 11.4 Å². The maximum Gasteiger partial charge on any atom is 0.241 e. The first kappa shape index (κ1) is 16.1. The van der Waals surface area contributed by atoms with Crippen LogP contribution in [0.2, 0.25) is 0 Å². The molecule has 5 nitrogen and oxygen atoms in total. The molecule has 1 aromatic heterocycles. The summed E-state index contributed by atoms with van der Waals surface area (Å²) in [5, 5.41) is 14.4. The van der Waals surface area contributed by atoms with E-state index in [1.807, 2.05) is 26.0 Å². The minimum absolute atomic E-state index is 0.140. The van der Waals surface area contributed by atoms with E-state index in [-0.39, 0.29) is 6.04 Å². The van der Waals surface area contributed by atoms with Crippen LogP contribution in [0.4, 0.5) is 0 Å². The molecular weight excluding hydrogens is 290 g/mol. The maximum absolute atomic E-state index is 10.3. The van der Waals surface area contributed by atoms with Crippen molar-refractivity contribution in [2.75, 3.05) is 6.54 Å². The highest BCUT2D eigenvalue weighted by atomic mass is 16.5. The summed E-state index contributed by atoms with van der Waals surface area (Å²) < 4.78 is 5.41. The first-order chi connectivity index (χ1) is 11.0. The van der Waals surface area contributed by atoms with Gasteiger partial charge < -0.3 is 9.63 Å². The lowest BCUT2D eigenvalue weighted by atomic mass is 9.97. The molecule has 5 heteroatoms. The standard InChI is InChI=1S/C18H25N3O2/c1-4-13-7-9-14(10-8-13)17-19-16(23-20-17)12-21-11-5-6-15(21)18(2,3)22/h7-10,15,22H,4-6,11-12H2,1-3H3. The SMILES string of the molecule is CCc1ccc(-c2noc(CN3CCCC3C(C)(C)O)n2)cc1. The van der Waals surface area contributed by atoms with Crippen molar-refractivity contribution in [2.45, 2.75) is 58.2 Å². The zero-order chi connectivity index (χ0) is 16.4. The van der Waals surface area contributed by atoms with Gasteiger partial charge in [0.25, 0.3) is 0 Å². The van der Waals surface area contributed by atoms with Crippen LogP contribution in [0.5, 0.6) is 0 Å². The molecule has 2 heterocycles. The lowest BCUT2D eigenvalue weighted by Gasteiger charge is -2.32. The number of aromatic nitrogens is 2. The summed E-state index contributed by atoms with van der Waals surface area (Å²) in [7, 11) is 0. The fourth-order valence-corrected chi connectivity index (χ4v) is 3.32. The third-order valence-electron chi connectivity index (χ3n) is 4.61. The smallest absolute Gasteiger partial charge is 0.241 e. The highest BCUT2D eigenvalue weighted by Gasteiger charge is 2.36. The number of aryl methyl sites for hydroxylation is 1. The summed E-state index contributed by atoms with van der Waals surface area (Å²) in [5.41, 5.74) is 1.55. The van der Waals surface area contributed by atoms with Gasteiger partial charge in [0.05, 0.1) is 12.1 Å². The molecular formula is C18H25N3O2. The first-order valence-corrected chi connectivity index (χ1v) is 8.35. The Labute approximate surface area is 137 Å². The molecule has 0 radical (unpaired) electrons. The van der Waals surface area contributed by atoms with Gasteiger partial charge in [0.1, 0.15) is 0 Å². The number of hydrogen-bond donors (Lipinski definition) is 1. The van der Waals surface area contributed by atoms with Crippen LogP contribution in [0.3, 0.4) is 0 Å². The molecule has 1 aliphatic rings. The predicted molar refractivity (Wildman–Crippen MR) is 88.8 cm³/mol. The molecule has 0 saturated carbocycles. The van der Waals surface area contributed by atoms with Gasteiger partial charge in [-0.25, -0.2) is 0 Å². The Morgan fingerprint density at radius 3 is 2.70 bits per heavy atom. The monoisotopic (exact) mass is 315 g/mol. The normalized spacial score (nSPS) is 19.4. The van der Waals surface area contributed by atoms with Gasteiger partial charge in [-0.2, -0.15) is 4.98 Å². The number of aliphatic hydroxyl groups is 1. The van der Waals surface area contributed by atoms with Gasteiger partial charge in [-0.3, -0.25) is 4.90 Å². The zero-order valence-corrected chi connectivity index (χ0v) is 14.1. The molecule has 1 N–H and O–H groups in total. The van der Waals surface area contributed by atoms with E-state index in [2.05, 4.69) is 34.1 Å². The first-order valence-electron chi connectivity index (χ1n) is 8.35. The van der Waals surface area contributed by atoms with Gasteiger partial charge in [0, 0.05) is 11.6 Å². The van der Waals surface area contributed by atoms with E-state index in [9.17, 15) is 5.11 Å². The molecule has 124 valence electrons. The molecule has 23 heavy (non-hydrogen) atoms. The van der Waals surface area contributed by atoms with Crippen molar-refractivity contribution in [2.24, 2.45) is 0 Å². The Bertz CT molecular complexity index is 643. The molecule has 1 atom stereocenters. The summed E-state index contributed by atoms with van der Waals surface area (Å²) in [6, 6.07) is 8.39. The van der Waals surface area contributed by atoms with Gasteiger partial charge in [-0.15, -0.1) is 0 Å². The molecule has 1 aromatic carbocycles. The number of benzene rings is 1. The summed E-state index contributed by atoms with van der Waals surface area (Å²) >= 11 is 0. The van der Waals surface area contributed by atoms with Gasteiger partial charge in [0.15, 0.2) is 0 Å². The highest BCUT2D eigenvalue weighted by Crippen LogP contribution is 2.28. The van der Waals surface area contributed by atoms with E-state index in [1.165, 1.54) is 5.56 Å². The average molecular weight is 315 g/mol. The third-order valence-corrected chi connectivity index (χ3v) is 4.61. The molecule has 1 saturated heterocycles. The van der Waals surface area contributed by atoms with Crippen molar-refractivity contribution < 1.29 is 9.63 Å². The lowest BCUT2D eigenvalue weighted by Crippen LogP contribution is -2.45. The van der Waals surface area contributed by atoms with E-state index in [0.717, 1.165) is 31.4 Å². The van der Waals surface area contributed by atoms with Crippen molar-refractivity contribution in [3.05, 3.63) is 35.7 Å². The second kappa shape index (κ2) is 6.42. The minimum atomic E-state index is -0.713. The van der Waals surface area contributed by atoms with Gasteiger partial charge in [-0.1, -0.05) is 36.3 Å². The fourth-order valence-electron chi connectivity index (χ4n) is 3.32. The molecule has 0 amide bonds. The molecule has 0 spiro atoms. The Morgan fingerprint density at radius 2 is 2.04 bits per heavy atom. The van der Waals surface area contributed by atoms with Crippen molar-refractivity contribution >= 4 is 0 Å². The summed E-state index contributed by atoms with van der Waals surface area (Å²) in [6.45, 7) is 7.41. The van der Waals surface area contributed by atoms with Crippen LogP contribution in [0.15, 0.2) is 28.8 Å². The number of rotatable bonds is 5. The van der Waals surface area contributed by atoms with Gasteiger partial charge in [0.2, 0.25) is 11.7 Å². The van der Waals surface area contributed by atoms with Crippen LogP contribution in [0, 0.1) is 0 Å². The second-order valence-corrected chi connectivity index (χ2v) is 6.84. The molecule has 3 rings (SSSR count). The Balaban J connectivity index is 1.71. The van der Waals surface area contributed by atoms with Gasteiger partial charge in [-0.05, 0) is 45.2 Å². The fraction of sp³-hybridized carbons (Fsp3) is 0.556. The third kappa shape index (κ3) is 3.62. The lowest BCUT2D eigenvalue weighted by molar-refractivity contribution is -0.00774. The average Bonchev–Trinajstić information content (AvgIpc) is 3.17. The van der Waals surface area contributed by atoms with E-state index < -0.39 is 5.60 Å².